The quantitative estimate of drug-likeness (QED) is 0.563. The summed E-state index contributed by atoms with van der Waals surface area (Å²) in [6.07, 6.45) is 6.29. The Balaban J connectivity index is 2.50. The highest BCUT2D eigenvalue weighted by molar-refractivity contribution is 4.87. The van der Waals surface area contributed by atoms with Gasteiger partial charge in [0.05, 0.1) is 5.54 Å². The molecular formula is C9H17NO. The number of nitroso groups, excluding NO2 is 1. The predicted molar refractivity (Wildman–Crippen MR) is 46.4 cm³/mol. The van der Waals surface area contributed by atoms with Gasteiger partial charge in [-0.2, -0.15) is 4.91 Å². The minimum absolute atomic E-state index is 0.319. The number of hydrogen-bond donors (Lipinski definition) is 0. The van der Waals surface area contributed by atoms with Gasteiger partial charge in [-0.3, -0.25) is 0 Å². The van der Waals surface area contributed by atoms with Crippen molar-refractivity contribution >= 4 is 0 Å². The van der Waals surface area contributed by atoms with E-state index in [9.17, 15) is 4.91 Å². The smallest absolute Gasteiger partial charge is 0.0998 e. The van der Waals surface area contributed by atoms with Crippen molar-refractivity contribution in [3.63, 3.8) is 0 Å². The van der Waals surface area contributed by atoms with Crippen molar-refractivity contribution in [3.8, 4) is 0 Å². The highest BCUT2D eigenvalue weighted by Crippen LogP contribution is 2.34. The summed E-state index contributed by atoms with van der Waals surface area (Å²) in [5.41, 5.74) is -0.319. The van der Waals surface area contributed by atoms with E-state index in [2.05, 4.69) is 5.18 Å². The minimum atomic E-state index is -0.319. The molecule has 1 saturated carbocycles. The summed E-state index contributed by atoms with van der Waals surface area (Å²) in [7, 11) is 0. The van der Waals surface area contributed by atoms with Gasteiger partial charge in [-0.05, 0) is 32.6 Å². The minimum Gasteiger partial charge on any atom is -0.150 e. The van der Waals surface area contributed by atoms with E-state index in [-0.39, 0.29) is 5.54 Å². The summed E-state index contributed by atoms with van der Waals surface area (Å²) in [5, 5.41) is 3.19. The van der Waals surface area contributed by atoms with E-state index in [1.807, 2.05) is 13.8 Å². The molecule has 0 aromatic rings. The van der Waals surface area contributed by atoms with Crippen LogP contribution in [0.1, 0.15) is 46.0 Å². The first kappa shape index (κ1) is 8.69. The maximum atomic E-state index is 10.5. The Bertz CT molecular complexity index is 136. The van der Waals surface area contributed by atoms with Gasteiger partial charge in [0.1, 0.15) is 0 Å². The van der Waals surface area contributed by atoms with Crippen LogP contribution >= 0.6 is 0 Å². The first-order chi connectivity index (χ1) is 5.17. The lowest BCUT2D eigenvalue weighted by atomic mass is 9.77. The summed E-state index contributed by atoms with van der Waals surface area (Å²) >= 11 is 0. The SMILES string of the molecule is CC(C)(N=O)C1CCCCC1. The average Bonchev–Trinajstić information content (AvgIpc) is 2.06. The van der Waals surface area contributed by atoms with E-state index in [4.69, 9.17) is 0 Å². The van der Waals surface area contributed by atoms with Crippen LogP contribution in [0.4, 0.5) is 0 Å². The van der Waals surface area contributed by atoms with Gasteiger partial charge in [-0.15, -0.1) is 0 Å². The zero-order valence-electron chi connectivity index (χ0n) is 7.47. The van der Waals surface area contributed by atoms with E-state index >= 15 is 0 Å². The van der Waals surface area contributed by atoms with Crippen LogP contribution in [-0.4, -0.2) is 5.54 Å². The third-order valence-electron chi connectivity index (χ3n) is 2.84. The third kappa shape index (κ3) is 2.01. The van der Waals surface area contributed by atoms with Crippen LogP contribution in [0.2, 0.25) is 0 Å². The number of hydrogen-bond acceptors (Lipinski definition) is 2. The fourth-order valence-corrected chi connectivity index (χ4v) is 1.88. The average molecular weight is 155 g/mol. The molecule has 0 aromatic heterocycles. The molecule has 64 valence electrons. The van der Waals surface area contributed by atoms with Crippen LogP contribution in [-0.2, 0) is 0 Å². The van der Waals surface area contributed by atoms with Gasteiger partial charge in [-0.25, -0.2) is 0 Å². The van der Waals surface area contributed by atoms with Crippen LogP contribution < -0.4 is 0 Å². The van der Waals surface area contributed by atoms with Crippen molar-refractivity contribution in [3.05, 3.63) is 4.91 Å². The van der Waals surface area contributed by atoms with Crippen LogP contribution in [0.5, 0.6) is 0 Å². The molecule has 0 unspecified atom stereocenters. The first-order valence-corrected chi connectivity index (χ1v) is 4.51. The normalized spacial score (nSPS) is 21.6. The molecule has 0 N–H and O–H groups in total. The fraction of sp³-hybridized carbons (Fsp3) is 1.00. The highest BCUT2D eigenvalue weighted by atomic mass is 16.3. The lowest BCUT2D eigenvalue weighted by molar-refractivity contribution is 0.240. The first-order valence-electron chi connectivity index (χ1n) is 4.51. The van der Waals surface area contributed by atoms with Gasteiger partial charge in [0.25, 0.3) is 0 Å². The van der Waals surface area contributed by atoms with E-state index in [1.165, 1.54) is 32.1 Å². The number of nitrogens with zero attached hydrogens (tertiary/aromatic N) is 1. The molecule has 1 aliphatic rings. The zero-order valence-corrected chi connectivity index (χ0v) is 7.47. The summed E-state index contributed by atoms with van der Waals surface area (Å²) in [6, 6.07) is 0. The summed E-state index contributed by atoms with van der Waals surface area (Å²) in [4.78, 5) is 10.5. The highest BCUT2D eigenvalue weighted by Gasteiger charge is 2.31. The Morgan fingerprint density at radius 2 is 1.73 bits per heavy atom. The molecule has 2 heteroatoms. The van der Waals surface area contributed by atoms with Crippen molar-refractivity contribution in [2.75, 3.05) is 0 Å². The summed E-state index contributed by atoms with van der Waals surface area (Å²) < 4.78 is 0. The monoisotopic (exact) mass is 155 g/mol. The largest absolute Gasteiger partial charge is 0.150 e. The molecule has 1 aliphatic carbocycles. The molecule has 0 atom stereocenters. The fourth-order valence-electron chi connectivity index (χ4n) is 1.88. The second kappa shape index (κ2) is 3.33. The Morgan fingerprint density at radius 3 is 2.18 bits per heavy atom. The van der Waals surface area contributed by atoms with E-state index < -0.39 is 0 Å². The zero-order chi connectivity index (χ0) is 8.32. The maximum absolute atomic E-state index is 10.5. The van der Waals surface area contributed by atoms with Crippen LogP contribution in [0.25, 0.3) is 0 Å². The van der Waals surface area contributed by atoms with Crippen molar-refractivity contribution in [1.82, 2.24) is 0 Å². The molecule has 0 spiro atoms. The molecular weight excluding hydrogens is 138 g/mol. The van der Waals surface area contributed by atoms with Gasteiger partial charge < -0.3 is 0 Å². The van der Waals surface area contributed by atoms with Crippen molar-refractivity contribution in [2.24, 2.45) is 11.1 Å². The van der Waals surface area contributed by atoms with E-state index in [0.29, 0.717) is 5.92 Å². The lowest BCUT2D eigenvalue weighted by Crippen LogP contribution is -2.30. The Morgan fingerprint density at radius 1 is 1.18 bits per heavy atom. The third-order valence-corrected chi connectivity index (χ3v) is 2.84. The Hall–Kier alpha value is -0.400. The Labute approximate surface area is 68.3 Å². The topological polar surface area (TPSA) is 29.4 Å². The van der Waals surface area contributed by atoms with E-state index in [0.717, 1.165) is 0 Å². The second-order valence-corrected chi connectivity index (χ2v) is 4.08. The lowest BCUT2D eigenvalue weighted by Gasteiger charge is -2.30. The van der Waals surface area contributed by atoms with Gasteiger partial charge in [0, 0.05) is 0 Å². The van der Waals surface area contributed by atoms with Crippen molar-refractivity contribution < 1.29 is 0 Å². The number of rotatable bonds is 2. The van der Waals surface area contributed by atoms with Crippen molar-refractivity contribution in [1.29, 1.82) is 0 Å². The van der Waals surface area contributed by atoms with Gasteiger partial charge >= 0.3 is 0 Å². The molecule has 1 fully saturated rings. The molecule has 0 aromatic carbocycles. The van der Waals surface area contributed by atoms with Gasteiger partial charge in [-0.1, -0.05) is 24.4 Å². The molecule has 1 rings (SSSR count). The summed E-state index contributed by atoms with van der Waals surface area (Å²) in [5.74, 6) is 0.536. The van der Waals surface area contributed by atoms with Crippen LogP contribution in [0.3, 0.4) is 0 Å². The molecule has 0 aliphatic heterocycles. The molecule has 0 amide bonds. The molecule has 2 nitrogen and oxygen atoms in total. The molecule has 0 bridgehead atoms. The van der Waals surface area contributed by atoms with Crippen molar-refractivity contribution in [2.45, 2.75) is 51.5 Å². The predicted octanol–water partition coefficient (Wildman–Crippen LogP) is 3.11. The second-order valence-electron chi connectivity index (χ2n) is 4.08. The molecule has 0 heterocycles. The Kier molecular flexibility index (Phi) is 2.63. The summed E-state index contributed by atoms with van der Waals surface area (Å²) in [6.45, 7) is 3.91. The molecule has 0 saturated heterocycles. The van der Waals surface area contributed by atoms with Crippen LogP contribution in [0.15, 0.2) is 5.18 Å². The maximum Gasteiger partial charge on any atom is 0.0998 e. The van der Waals surface area contributed by atoms with Crippen LogP contribution in [0, 0.1) is 10.8 Å². The molecule has 11 heavy (non-hydrogen) atoms. The van der Waals surface area contributed by atoms with Gasteiger partial charge in [0.15, 0.2) is 0 Å². The van der Waals surface area contributed by atoms with E-state index in [1.54, 1.807) is 0 Å². The van der Waals surface area contributed by atoms with Gasteiger partial charge in [0.2, 0.25) is 0 Å². The molecule has 0 radical (unpaired) electrons. The standard InChI is InChI=1S/C9H17NO/c1-9(2,10-11)8-6-4-3-5-7-8/h8H,3-7H2,1-2H3.